The Hall–Kier alpha value is -10.4. The highest BCUT2D eigenvalue weighted by atomic mass is 16.3. The van der Waals surface area contributed by atoms with Gasteiger partial charge in [-0.15, -0.1) is 5.10 Å². The number of aryl methyl sites for hydroxylation is 2. The maximum absolute atomic E-state index is 12.6. The molecule has 20 heteroatoms. The van der Waals surface area contributed by atoms with Crippen molar-refractivity contribution in [2.75, 3.05) is 88.3 Å². The van der Waals surface area contributed by atoms with E-state index >= 15 is 0 Å². The minimum atomic E-state index is -0.347. The van der Waals surface area contributed by atoms with Crippen molar-refractivity contribution >= 4 is 11.5 Å². The predicted molar refractivity (Wildman–Crippen MR) is 403 cm³/mol. The van der Waals surface area contributed by atoms with Crippen molar-refractivity contribution in [2.45, 2.75) is 105 Å². The molecule has 0 saturated carbocycles. The van der Waals surface area contributed by atoms with Crippen LogP contribution in [-0.4, -0.2) is 147 Å². The first kappa shape index (κ1) is 72.9. The van der Waals surface area contributed by atoms with Crippen LogP contribution in [0.4, 0.5) is 11.5 Å². The number of likely N-dealkylation sites (tertiary alicyclic amines) is 2. The largest absolute Gasteiger partial charge is 0.503 e. The molecule has 0 amide bonds. The van der Waals surface area contributed by atoms with E-state index in [1.165, 1.54) is 49.8 Å². The van der Waals surface area contributed by atoms with Crippen LogP contribution < -0.4 is 32.0 Å². The second-order valence-electron chi connectivity index (χ2n) is 27.0. The molecule has 0 radical (unpaired) electrons. The van der Waals surface area contributed by atoms with E-state index in [0.29, 0.717) is 63.5 Å². The van der Waals surface area contributed by atoms with Crippen molar-refractivity contribution in [1.82, 2.24) is 48.1 Å². The van der Waals surface area contributed by atoms with Crippen LogP contribution in [0.3, 0.4) is 0 Å². The lowest BCUT2D eigenvalue weighted by molar-refractivity contribution is 0.218. The maximum atomic E-state index is 12.6. The standard InChI is InChI=1S/C24H27N3O2.C22H25N5O2.2C18H22N2O2/c1-19-7-5-6-10-22(19)26-15-13-25(14-16-26)18-21-11-12-27(24(29)23(21)28)17-20-8-3-2-4-9-20;1-17-7-8-20(24-23-17)26-13-11-25(12-14-26)16-19-9-10-27(22(29)21(19)28)15-18-5-3-2-4-6-18;2*21-17-16(14-19-10-5-2-6-11-19)9-12-20(18(17)22)13-15-7-3-1-4-8-15/h2-12,28H,13-18H2,1H3;2-10,28H,11-16H2,1H3;2*1,3-4,7-9,12,21H,2,5-6,10-11,13-14H2. The van der Waals surface area contributed by atoms with Crippen molar-refractivity contribution in [3.05, 3.63) is 304 Å². The third-order valence-corrected chi connectivity index (χ3v) is 19.5. The molecule has 4 aliphatic rings. The van der Waals surface area contributed by atoms with E-state index in [0.717, 1.165) is 123 Å². The number of para-hydroxylation sites is 1. The number of aromatic nitrogens is 6. The van der Waals surface area contributed by atoms with E-state index in [1.807, 2.05) is 165 Å². The van der Waals surface area contributed by atoms with Crippen LogP contribution in [0, 0.1) is 13.8 Å². The molecule has 5 aromatic carbocycles. The Bertz CT molecular complexity index is 4400. The van der Waals surface area contributed by atoms with Gasteiger partial charge in [-0.2, -0.15) is 5.10 Å². The summed E-state index contributed by atoms with van der Waals surface area (Å²) >= 11 is 0. The summed E-state index contributed by atoms with van der Waals surface area (Å²) in [6, 6.07) is 59.0. The van der Waals surface area contributed by atoms with E-state index in [1.54, 1.807) is 43.1 Å². The summed E-state index contributed by atoms with van der Waals surface area (Å²) in [4.78, 5) is 63.6. The quantitative estimate of drug-likeness (QED) is 0.0629. The molecule has 20 nitrogen and oxygen atoms in total. The Morgan fingerprint density at radius 1 is 0.294 bits per heavy atom. The Labute approximate surface area is 597 Å². The zero-order valence-corrected chi connectivity index (χ0v) is 58.8. The predicted octanol–water partition coefficient (Wildman–Crippen LogP) is 10.4. The minimum absolute atomic E-state index is 0.107. The van der Waals surface area contributed by atoms with Gasteiger partial charge in [-0.05, 0) is 136 Å². The van der Waals surface area contributed by atoms with Crippen LogP contribution in [0.2, 0.25) is 0 Å². The summed E-state index contributed by atoms with van der Waals surface area (Å²) in [5.74, 6) is 0.384. The van der Waals surface area contributed by atoms with E-state index in [9.17, 15) is 39.6 Å². The van der Waals surface area contributed by atoms with Gasteiger partial charge in [0.05, 0.1) is 31.9 Å². The average molecular weight is 1380 g/mol. The molecular formula is C82H96N12O8. The summed E-state index contributed by atoms with van der Waals surface area (Å²) in [7, 11) is 0. The molecule has 5 aromatic heterocycles. The molecule has 0 spiro atoms. The Morgan fingerprint density at radius 2 is 0.588 bits per heavy atom. The number of anilines is 2. The zero-order chi connectivity index (χ0) is 71.2. The summed E-state index contributed by atoms with van der Waals surface area (Å²) in [5.41, 5.74) is 9.19. The monoisotopic (exact) mass is 1380 g/mol. The first-order valence-corrected chi connectivity index (χ1v) is 35.8. The molecule has 0 bridgehead atoms. The van der Waals surface area contributed by atoms with Gasteiger partial charge in [0, 0.05) is 131 Å². The normalized spacial score (nSPS) is 15.3. The Balaban J connectivity index is 0.000000138. The van der Waals surface area contributed by atoms with E-state index in [2.05, 4.69) is 70.8 Å². The van der Waals surface area contributed by atoms with Crippen LogP contribution in [0.25, 0.3) is 0 Å². The van der Waals surface area contributed by atoms with Gasteiger partial charge >= 0.3 is 0 Å². The second kappa shape index (κ2) is 36.3. The number of hydrogen-bond acceptors (Lipinski definition) is 16. The van der Waals surface area contributed by atoms with Gasteiger partial charge in [0.25, 0.3) is 22.2 Å². The van der Waals surface area contributed by atoms with Crippen molar-refractivity contribution in [1.29, 1.82) is 0 Å². The van der Waals surface area contributed by atoms with Gasteiger partial charge in [-0.1, -0.05) is 152 Å². The molecule has 0 unspecified atom stereocenters. The average Bonchev–Trinajstić information content (AvgIpc) is 0.838. The highest BCUT2D eigenvalue weighted by Gasteiger charge is 2.24. The van der Waals surface area contributed by atoms with Gasteiger partial charge in [0.1, 0.15) is 0 Å². The van der Waals surface area contributed by atoms with Gasteiger partial charge < -0.3 is 48.5 Å². The number of hydrogen-bond donors (Lipinski definition) is 4. The van der Waals surface area contributed by atoms with E-state index in [-0.39, 0.29) is 45.2 Å². The summed E-state index contributed by atoms with van der Waals surface area (Å²) in [6.45, 7) is 19.6. The zero-order valence-electron chi connectivity index (χ0n) is 58.8. The summed E-state index contributed by atoms with van der Waals surface area (Å²) in [5, 5.41) is 49.8. The van der Waals surface area contributed by atoms with Crippen molar-refractivity contribution in [2.24, 2.45) is 0 Å². The number of nitrogens with zero attached hydrogens (tertiary/aromatic N) is 12. The molecule has 4 aliphatic heterocycles. The first-order chi connectivity index (χ1) is 49.7. The minimum Gasteiger partial charge on any atom is -0.503 e. The van der Waals surface area contributed by atoms with Crippen LogP contribution in [0.15, 0.2) is 226 Å². The fourth-order valence-corrected chi connectivity index (χ4v) is 13.5. The second-order valence-corrected chi connectivity index (χ2v) is 27.0. The number of rotatable bonds is 18. The fourth-order valence-electron chi connectivity index (χ4n) is 13.5. The summed E-state index contributed by atoms with van der Waals surface area (Å²) < 4.78 is 6.22. The molecule has 9 heterocycles. The molecule has 4 N–H and O–H groups in total. The molecule has 10 aromatic rings. The number of piperidine rings is 2. The van der Waals surface area contributed by atoms with Gasteiger partial charge in [0.15, 0.2) is 28.8 Å². The number of piperazine rings is 2. The highest BCUT2D eigenvalue weighted by Crippen LogP contribution is 2.25. The van der Waals surface area contributed by atoms with Crippen molar-refractivity contribution in [3.63, 3.8) is 0 Å². The van der Waals surface area contributed by atoms with Crippen LogP contribution in [0.1, 0.15) is 94.3 Å². The van der Waals surface area contributed by atoms with Gasteiger partial charge in [-0.3, -0.25) is 38.8 Å². The highest BCUT2D eigenvalue weighted by molar-refractivity contribution is 5.53. The SMILES string of the molecule is Cc1ccc(N2CCN(Cc3ccn(Cc4ccccc4)c(=O)c3O)CC2)nn1.Cc1ccccc1N1CCN(Cc2ccn(Cc3ccccc3)c(=O)c2O)CC1.O=c1c(O)c(CN2CCCCC2)ccn1Cc1ccccc1.O=c1c(O)c(CN2CCCCC2)ccn1Cc1ccccc1. The topological polar surface area (TPSA) is 214 Å². The number of benzene rings is 5. The van der Waals surface area contributed by atoms with Crippen LogP contribution in [0.5, 0.6) is 23.0 Å². The lowest BCUT2D eigenvalue weighted by Gasteiger charge is -2.36. The maximum Gasteiger partial charge on any atom is 0.293 e. The number of aromatic hydroxyl groups is 4. The molecule has 532 valence electrons. The molecule has 4 saturated heterocycles. The van der Waals surface area contributed by atoms with Crippen molar-refractivity contribution in [3.8, 4) is 23.0 Å². The van der Waals surface area contributed by atoms with Crippen LogP contribution in [-0.2, 0) is 52.4 Å². The Kier molecular flexibility index (Phi) is 25.9. The lowest BCUT2D eigenvalue weighted by Crippen LogP contribution is -2.46. The van der Waals surface area contributed by atoms with Gasteiger partial charge in [0.2, 0.25) is 0 Å². The Morgan fingerprint density at radius 3 is 0.892 bits per heavy atom. The lowest BCUT2D eigenvalue weighted by atomic mass is 10.1. The molecule has 0 aliphatic carbocycles. The van der Waals surface area contributed by atoms with Crippen molar-refractivity contribution < 1.29 is 20.4 Å². The van der Waals surface area contributed by atoms with Gasteiger partial charge in [-0.25, -0.2) is 0 Å². The first-order valence-electron chi connectivity index (χ1n) is 35.8. The smallest absolute Gasteiger partial charge is 0.293 e. The van der Waals surface area contributed by atoms with Crippen LogP contribution >= 0.6 is 0 Å². The molecule has 14 rings (SSSR count). The molecule has 0 atom stereocenters. The molecule has 4 fully saturated rings. The molecule has 102 heavy (non-hydrogen) atoms. The molecular weight excluding hydrogens is 1280 g/mol. The van der Waals surface area contributed by atoms with E-state index < -0.39 is 0 Å². The third-order valence-electron chi connectivity index (χ3n) is 19.5. The third kappa shape index (κ3) is 20.2. The fraction of sp³-hybridized carbons (Fsp3) is 0.341. The summed E-state index contributed by atoms with van der Waals surface area (Å²) in [6.07, 6.45) is 14.5. The number of pyridine rings is 4. The van der Waals surface area contributed by atoms with E-state index in [4.69, 9.17) is 0 Å².